The van der Waals surface area contributed by atoms with Crippen molar-refractivity contribution in [2.45, 2.75) is 50.7 Å². The number of carbonyl (C=O) groups excluding carboxylic acids is 2. The maximum absolute atomic E-state index is 12.8. The number of benzene rings is 1. The Bertz CT molecular complexity index is 1070. The van der Waals surface area contributed by atoms with Gasteiger partial charge in [0.05, 0.1) is 11.6 Å². The van der Waals surface area contributed by atoms with E-state index < -0.39 is 0 Å². The minimum atomic E-state index is -0.126. The first-order valence-electron chi connectivity index (χ1n) is 9.96. The molecular weight excluding hydrogens is 434 g/mol. The lowest BCUT2D eigenvalue weighted by Crippen LogP contribution is -2.44. The third-order valence-corrected chi connectivity index (χ3v) is 6.36. The molecule has 0 bridgehead atoms. The first-order chi connectivity index (χ1) is 14.1. The van der Waals surface area contributed by atoms with Crippen LogP contribution in [0.1, 0.15) is 38.5 Å². The van der Waals surface area contributed by atoms with Gasteiger partial charge in [-0.15, -0.1) is 0 Å². The largest absolute Gasteiger partial charge is 0.488 e. The van der Waals surface area contributed by atoms with Crippen molar-refractivity contribution in [1.29, 1.82) is 0 Å². The van der Waals surface area contributed by atoms with Crippen LogP contribution in [0.5, 0.6) is 5.75 Å². The van der Waals surface area contributed by atoms with Crippen LogP contribution in [0.2, 0.25) is 0 Å². The van der Waals surface area contributed by atoms with Crippen molar-refractivity contribution in [3.8, 4) is 5.75 Å². The van der Waals surface area contributed by atoms with E-state index in [9.17, 15) is 9.59 Å². The second-order valence-corrected chi connectivity index (χ2v) is 8.61. The zero-order chi connectivity index (χ0) is 20.0. The van der Waals surface area contributed by atoms with E-state index in [1.54, 1.807) is 12.4 Å². The first kappa shape index (κ1) is 18.5. The molecule has 5 rings (SSSR count). The number of imide groups is 1. The molecule has 2 aromatic rings. The fourth-order valence-corrected chi connectivity index (χ4v) is 4.91. The predicted octanol–water partition coefficient (Wildman–Crippen LogP) is 4.10. The van der Waals surface area contributed by atoms with Crippen molar-refractivity contribution in [3.05, 3.63) is 52.3 Å². The monoisotopic (exact) mass is 453 g/mol. The number of fused-ring (bicyclic) bond motifs is 1. The summed E-state index contributed by atoms with van der Waals surface area (Å²) in [5.41, 5.74) is 2.81. The fourth-order valence-electron chi connectivity index (χ4n) is 4.49. The van der Waals surface area contributed by atoms with E-state index in [1.807, 2.05) is 24.3 Å². The van der Waals surface area contributed by atoms with E-state index in [0.717, 1.165) is 47.6 Å². The molecule has 6 nitrogen and oxygen atoms in total. The van der Waals surface area contributed by atoms with Gasteiger partial charge in [0.2, 0.25) is 0 Å². The average molecular weight is 454 g/mol. The van der Waals surface area contributed by atoms with Crippen LogP contribution in [0.3, 0.4) is 0 Å². The number of nitrogens with zero attached hydrogens (tertiary/aromatic N) is 3. The van der Waals surface area contributed by atoms with Gasteiger partial charge in [-0.1, -0.05) is 28.1 Å². The molecule has 1 aliphatic heterocycles. The van der Waals surface area contributed by atoms with Crippen LogP contribution in [0.25, 0.3) is 11.0 Å². The second kappa shape index (κ2) is 7.37. The zero-order valence-electron chi connectivity index (χ0n) is 15.8. The van der Waals surface area contributed by atoms with Crippen molar-refractivity contribution < 1.29 is 14.3 Å². The molecule has 0 radical (unpaired) electrons. The van der Waals surface area contributed by atoms with Crippen LogP contribution in [-0.2, 0) is 9.59 Å². The van der Waals surface area contributed by atoms with Crippen LogP contribution in [0, 0.1) is 0 Å². The van der Waals surface area contributed by atoms with Crippen molar-refractivity contribution in [2.24, 2.45) is 0 Å². The molecule has 0 saturated heterocycles. The number of hydrogen-bond acceptors (Lipinski definition) is 5. The summed E-state index contributed by atoms with van der Waals surface area (Å²) in [5, 5.41) is 0. The Balaban J connectivity index is 1.28. The molecule has 0 atom stereocenters. The van der Waals surface area contributed by atoms with Gasteiger partial charge < -0.3 is 4.74 Å². The van der Waals surface area contributed by atoms with Crippen LogP contribution >= 0.6 is 15.9 Å². The third kappa shape index (κ3) is 3.27. The van der Waals surface area contributed by atoms with E-state index in [-0.39, 0.29) is 24.0 Å². The summed E-state index contributed by atoms with van der Waals surface area (Å²) in [6, 6.07) is 3.79. The Morgan fingerprint density at radius 1 is 1.03 bits per heavy atom. The lowest BCUT2D eigenvalue weighted by molar-refractivity contribution is -0.141. The predicted molar refractivity (Wildman–Crippen MR) is 111 cm³/mol. The van der Waals surface area contributed by atoms with E-state index in [1.165, 1.54) is 4.90 Å². The highest BCUT2D eigenvalue weighted by Crippen LogP contribution is 2.36. The fraction of sp³-hybridized carbons (Fsp3) is 0.364. The highest BCUT2D eigenvalue weighted by atomic mass is 79.9. The molecule has 0 unspecified atom stereocenters. The summed E-state index contributed by atoms with van der Waals surface area (Å²) in [7, 11) is 0. The molecule has 1 aromatic heterocycles. The molecule has 3 aliphatic rings. The van der Waals surface area contributed by atoms with Crippen molar-refractivity contribution in [3.63, 3.8) is 0 Å². The number of aromatic nitrogens is 2. The van der Waals surface area contributed by atoms with Crippen molar-refractivity contribution in [2.75, 3.05) is 0 Å². The average Bonchev–Trinajstić information content (AvgIpc) is 2.99. The van der Waals surface area contributed by atoms with Gasteiger partial charge in [0, 0.05) is 34.1 Å². The molecule has 2 aliphatic carbocycles. The van der Waals surface area contributed by atoms with Crippen LogP contribution in [0.4, 0.5) is 0 Å². The summed E-state index contributed by atoms with van der Waals surface area (Å²) in [5.74, 6) is 0.493. The maximum atomic E-state index is 12.8. The number of amides is 2. The summed E-state index contributed by atoms with van der Waals surface area (Å²) < 4.78 is 7.16. The van der Waals surface area contributed by atoms with E-state index in [4.69, 9.17) is 4.74 Å². The van der Waals surface area contributed by atoms with Gasteiger partial charge >= 0.3 is 0 Å². The van der Waals surface area contributed by atoms with Gasteiger partial charge in [-0.05, 0) is 50.7 Å². The topological polar surface area (TPSA) is 72.4 Å². The van der Waals surface area contributed by atoms with E-state index in [0.29, 0.717) is 23.3 Å². The standard InChI is InChI=1S/C22H20BrN3O3/c23-13-11-18-20(25-10-9-24-18)19(12-13)29-15-7-5-14(6-8-15)26-21(27)16-3-1-2-4-17(16)22(26)28/h1,3,9-12,14-15H,2,4-8H2. The second-order valence-electron chi connectivity index (χ2n) is 7.69. The molecule has 0 spiro atoms. The Labute approximate surface area is 176 Å². The van der Waals surface area contributed by atoms with Gasteiger partial charge in [-0.25, -0.2) is 4.98 Å². The number of rotatable bonds is 3. The lowest BCUT2D eigenvalue weighted by Gasteiger charge is -2.34. The normalized spacial score (nSPS) is 24.4. The number of ether oxygens (including phenoxy) is 1. The Kier molecular flexibility index (Phi) is 4.70. The third-order valence-electron chi connectivity index (χ3n) is 5.90. The van der Waals surface area contributed by atoms with Gasteiger partial charge in [-0.3, -0.25) is 19.5 Å². The van der Waals surface area contributed by atoms with Crippen LogP contribution < -0.4 is 4.74 Å². The number of hydrogen-bond donors (Lipinski definition) is 0. The molecular formula is C22H20BrN3O3. The van der Waals surface area contributed by atoms with Crippen molar-refractivity contribution >= 4 is 38.8 Å². The first-order valence-corrected chi connectivity index (χ1v) is 10.8. The van der Waals surface area contributed by atoms with E-state index >= 15 is 0 Å². The highest BCUT2D eigenvalue weighted by molar-refractivity contribution is 9.10. The molecule has 7 heteroatoms. The minimum absolute atomic E-state index is 0.0287. The molecule has 1 saturated carbocycles. The van der Waals surface area contributed by atoms with Gasteiger partial charge in [0.25, 0.3) is 11.8 Å². The lowest BCUT2D eigenvalue weighted by atomic mass is 9.91. The quantitative estimate of drug-likeness (QED) is 0.654. The summed E-state index contributed by atoms with van der Waals surface area (Å²) in [4.78, 5) is 35.8. The number of halogens is 1. The maximum Gasteiger partial charge on any atom is 0.261 e. The molecule has 2 amide bonds. The molecule has 0 N–H and O–H groups in total. The SMILES string of the molecule is O=C1C2=C(CCC=C2)C(=O)N1C1CCC(Oc2cc(Br)cc3nccnc23)CC1. The molecule has 1 fully saturated rings. The molecule has 1 aromatic carbocycles. The minimum Gasteiger partial charge on any atom is -0.488 e. The summed E-state index contributed by atoms with van der Waals surface area (Å²) >= 11 is 3.51. The molecule has 148 valence electrons. The zero-order valence-corrected chi connectivity index (χ0v) is 17.4. The Morgan fingerprint density at radius 3 is 2.62 bits per heavy atom. The van der Waals surface area contributed by atoms with E-state index in [2.05, 4.69) is 25.9 Å². The number of allylic oxidation sites excluding steroid dienone is 1. The summed E-state index contributed by atoms with van der Waals surface area (Å²) in [6.07, 6.45) is 11.7. The van der Waals surface area contributed by atoms with Gasteiger partial charge in [-0.2, -0.15) is 0 Å². The Morgan fingerprint density at radius 2 is 1.83 bits per heavy atom. The number of carbonyl (C=O) groups is 2. The van der Waals surface area contributed by atoms with Gasteiger partial charge in [0.15, 0.2) is 0 Å². The Hall–Kier alpha value is -2.54. The smallest absolute Gasteiger partial charge is 0.261 e. The van der Waals surface area contributed by atoms with Crippen LogP contribution in [-0.4, -0.2) is 38.8 Å². The molecule has 2 heterocycles. The van der Waals surface area contributed by atoms with Crippen LogP contribution in [0.15, 0.2) is 52.3 Å². The highest BCUT2D eigenvalue weighted by Gasteiger charge is 2.42. The summed E-state index contributed by atoms with van der Waals surface area (Å²) in [6.45, 7) is 0. The van der Waals surface area contributed by atoms with Gasteiger partial charge in [0.1, 0.15) is 11.3 Å². The molecule has 29 heavy (non-hydrogen) atoms. The van der Waals surface area contributed by atoms with Crippen molar-refractivity contribution in [1.82, 2.24) is 14.9 Å².